The molecule has 0 fully saturated rings. The maximum Gasteiger partial charge on any atom is 0.257 e. The van der Waals surface area contributed by atoms with Gasteiger partial charge in [0.25, 0.3) is 5.91 Å². The summed E-state index contributed by atoms with van der Waals surface area (Å²) in [6.07, 6.45) is 1.52. The molecule has 4 aromatic rings. The zero-order chi connectivity index (χ0) is 25.9. The highest BCUT2D eigenvalue weighted by Crippen LogP contribution is 2.26. The first-order valence-electron chi connectivity index (χ1n) is 11.6. The first-order valence-corrected chi connectivity index (χ1v) is 12.0. The van der Waals surface area contributed by atoms with Crippen LogP contribution >= 0.6 is 11.6 Å². The van der Waals surface area contributed by atoms with Gasteiger partial charge in [-0.15, -0.1) is 0 Å². The molecule has 2 N–H and O–H groups in total. The molecule has 0 atom stereocenters. The van der Waals surface area contributed by atoms with Crippen molar-refractivity contribution >= 4 is 34.3 Å². The van der Waals surface area contributed by atoms with Crippen molar-refractivity contribution in [3.63, 3.8) is 0 Å². The van der Waals surface area contributed by atoms with Crippen LogP contribution < -0.4 is 15.8 Å². The van der Waals surface area contributed by atoms with E-state index in [0.717, 1.165) is 11.1 Å². The van der Waals surface area contributed by atoms with Gasteiger partial charge in [-0.05, 0) is 41.0 Å². The van der Waals surface area contributed by atoms with Gasteiger partial charge in [-0.1, -0.05) is 65.9 Å². The van der Waals surface area contributed by atoms with Crippen molar-refractivity contribution in [1.82, 2.24) is 9.99 Å². The van der Waals surface area contributed by atoms with Crippen molar-refractivity contribution in [2.75, 3.05) is 11.6 Å². The lowest BCUT2D eigenvalue weighted by atomic mass is 9.99. The number of aliphatic hydroxyl groups excluding tert-OH is 1. The molecule has 1 aromatic heterocycles. The molecule has 0 spiro atoms. The van der Waals surface area contributed by atoms with E-state index in [1.165, 1.54) is 6.20 Å². The average molecular weight is 512 g/mol. The molecule has 0 bridgehead atoms. The van der Waals surface area contributed by atoms with Crippen molar-refractivity contribution in [3.05, 3.63) is 116 Å². The van der Waals surface area contributed by atoms with E-state index < -0.39 is 11.3 Å². The van der Waals surface area contributed by atoms with Crippen molar-refractivity contribution in [2.24, 2.45) is 0 Å². The van der Waals surface area contributed by atoms with Gasteiger partial charge in [0, 0.05) is 28.7 Å². The van der Waals surface area contributed by atoms with Crippen molar-refractivity contribution < 1.29 is 14.7 Å². The third kappa shape index (κ3) is 4.98. The molecular formula is C29H22ClN3O4. The maximum atomic E-state index is 13.6. The Morgan fingerprint density at radius 1 is 1.03 bits per heavy atom. The lowest BCUT2D eigenvalue weighted by Crippen LogP contribution is -2.45. The summed E-state index contributed by atoms with van der Waals surface area (Å²) in [5, 5.41) is 14.3. The molecule has 1 aliphatic rings. The van der Waals surface area contributed by atoms with Crippen molar-refractivity contribution in [3.8, 4) is 11.8 Å². The number of amides is 2. The lowest BCUT2D eigenvalue weighted by molar-refractivity contribution is -0.119. The monoisotopic (exact) mass is 511 g/mol. The molecule has 8 heteroatoms. The highest BCUT2D eigenvalue weighted by atomic mass is 35.5. The van der Waals surface area contributed by atoms with Crippen molar-refractivity contribution in [2.45, 2.75) is 19.5 Å². The minimum atomic E-state index is -0.559. The predicted octanol–water partition coefficient (Wildman–Crippen LogP) is 3.15. The Kier molecular flexibility index (Phi) is 6.78. The predicted molar refractivity (Wildman–Crippen MR) is 142 cm³/mol. The van der Waals surface area contributed by atoms with E-state index in [0.29, 0.717) is 21.7 Å². The lowest BCUT2D eigenvalue weighted by Gasteiger charge is -2.32. The van der Waals surface area contributed by atoms with E-state index in [9.17, 15) is 14.4 Å². The summed E-state index contributed by atoms with van der Waals surface area (Å²) in [5.74, 6) is 4.65. The van der Waals surface area contributed by atoms with Gasteiger partial charge in [-0.25, -0.2) is 5.01 Å². The highest BCUT2D eigenvalue weighted by molar-refractivity contribution is 6.30. The molecule has 0 saturated carbocycles. The number of hydrogen-bond acceptors (Lipinski definition) is 4. The highest BCUT2D eigenvalue weighted by Gasteiger charge is 2.28. The van der Waals surface area contributed by atoms with E-state index in [2.05, 4.69) is 17.2 Å². The summed E-state index contributed by atoms with van der Waals surface area (Å²) in [6.45, 7) is 0.136. The number of carbonyl (C=O) groups is 2. The number of nitrogens with one attached hydrogen (secondary N) is 1. The summed E-state index contributed by atoms with van der Waals surface area (Å²) < 4.78 is 1.60. The molecular weight excluding hydrogens is 490 g/mol. The number of aliphatic hydroxyl groups is 1. The molecule has 7 nitrogen and oxygen atoms in total. The van der Waals surface area contributed by atoms with E-state index in [-0.39, 0.29) is 43.0 Å². The molecule has 1 aliphatic heterocycles. The van der Waals surface area contributed by atoms with Crippen LogP contribution in [-0.4, -0.2) is 28.2 Å². The van der Waals surface area contributed by atoms with E-state index in [1.807, 2.05) is 30.3 Å². The zero-order valence-corrected chi connectivity index (χ0v) is 20.5. The second-order valence-corrected chi connectivity index (χ2v) is 9.07. The zero-order valence-electron chi connectivity index (χ0n) is 19.7. The quantitative estimate of drug-likeness (QED) is 0.403. The Morgan fingerprint density at radius 3 is 2.51 bits per heavy atom. The van der Waals surface area contributed by atoms with Gasteiger partial charge >= 0.3 is 0 Å². The number of benzene rings is 3. The first-order chi connectivity index (χ1) is 17.9. The molecule has 0 unspecified atom stereocenters. The summed E-state index contributed by atoms with van der Waals surface area (Å²) in [6, 6.07) is 19.9. The second kappa shape index (κ2) is 10.3. The summed E-state index contributed by atoms with van der Waals surface area (Å²) in [7, 11) is 0. The molecule has 5 rings (SSSR count). The van der Waals surface area contributed by atoms with E-state index in [1.54, 1.807) is 46.1 Å². The van der Waals surface area contributed by atoms with Crippen LogP contribution in [0.1, 0.15) is 32.6 Å². The number of pyridine rings is 1. The van der Waals surface area contributed by atoms with Crippen LogP contribution in [0.15, 0.2) is 77.7 Å². The number of rotatable bonds is 5. The topological polar surface area (TPSA) is 91.6 Å². The molecule has 2 amide bonds. The summed E-state index contributed by atoms with van der Waals surface area (Å²) in [4.78, 5) is 40.0. The fraction of sp³-hybridized carbons (Fsp3) is 0.138. The maximum absolute atomic E-state index is 13.6. The molecule has 0 aliphatic carbocycles. The fourth-order valence-electron chi connectivity index (χ4n) is 4.40. The Morgan fingerprint density at radius 2 is 1.78 bits per heavy atom. The van der Waals surface area contributed by atoms with Gasteiger partial charge in [-0.2, -0.15) is 0 Å². The Labute approximate surface area is 217 Å². The van der Waals surface area contributed by atoms with E-state index in [4.69, 9.17) is 16.7 Å². The minimum absolute atomic E-state index is 0.0829. The molecule has 3 aromatic carbocycles. The van der Waals surface area contributed by atoms with Crippen LogP contribution in [0.25, 0.3) is 10.9 Å². The molecule has 37 heavy (non-hydrogen) atoms. The summed E-state index contributed by atoms with van der Waals surface area (Å²) >= 11 is 5.94. The molecule has 2 heterocycles. The molecule has 0 radical (unpaired) electrons. The van der Waals surface area contributed by atoms with Gasteiger partial charge in [0.05, 0.1) is 18.5 Å². The second-order valence-electron chi connectivity index (χ2n) is 8.63. The van der Waals surface area contributed by atoms with Gasteiger partial charge in [0.2, 0.25) is 11.3 Å². The molecule has 0 saturated heterocycles. The first kappa shape index (κ1) is 24.3. The average Bonchev–Trinajstić information content (AvgIpc) is 2.91. The number of halogens is 1. The number of hydrogen-bond donors (Lipinski definition) is 2. The van der Waals surface area contributed by atoms with Gasteiger partial charge < -0.3 is 10.4 Å². The van der Waals surface area contributed by atoms with Crippen LogP contribution in [0.3, 0.4) is 0 Å². The van der Waals surface area contributed by atoms with Crippen LogP contribution in [-0.2, 0) is 24.3 Å². The SMILES string of the molecule is O=C(NCc1ccc(Cl)cc1)c1cn2c3c(cc(C#CCO)cc3c1=O)CC(=O)N2Cc1ccccc1. The minimum Gasteiger partial charge on any atom is -0.384 e. The smallest absolute Gasteiger partial charge is 0.257 e. The Bertz CT molecular complexity index is 1630. The Hall–Kier alpha value is -4.38. The van der Waals surface area contributed by atoms with Crippen molar-refractivity contribution in [1.29, 1.82) is 0 Å². The normalized spacial score (nSPS) is 12.3. The summed E-state index contributed by atoms with van der Waals surface area (Å²) in [5.41, 5.74) is 2.87. The molecule has 184 valence electrons. The van der Waals surface area contributed by atoms with Gasteiger partial charge in [-0.3, -0.25) is 19.1 Å². The van der Waals surface area contributed by atoms with Crippen LogP contribution in [0, 0.1) is 11.8 Å². The van der Waals surface area contributed by atoms with Crippen LogP contribution in [0.5, 0.6) is 0 Å². The third-order valence-corrected chi connectivity index (χ3v) is 6.40. The van der Waals surface area contributed by atoms with Gasteiger partial charge in [0.1, 0.15) is 12.2 Å². The largest absolute Gasteiger partial charge is 0.384 e. The van der Waals surface area contributed by atoms with Crippen LogP contribution in [0.4, 0.5) is 0 Å². The third-order valence-electron chi connectivity index (χ3n) is 6.15. The Balaban J connectivity index is 1.62. The van der Waals surface area contributed by atoms with E-state index >= 15 is 0 Å². The number of carbonyl (C=O) groups excluding carboxylic acids is 2. The fourth-order valence-corrected chi connectivity index (χ4v) is 4.53. The number of nitrogens with zero attached hydrogens (tertiary/aromatic N) is 2. The van der Waals surface area contributed by atoms with Crippen LogP contribution in [0.2, 0.25) is 5.02 Å². The number of aromatic nitrogens is 1. The standard InChI is InChI=1S/C29H22ClN3O4/c30-23-10-8-19(9-11-23)16-31-29(37)25-18-33-27-22(13-21(7-4-12-34)14-24(27)28(25)36)15-26(35)32(33)17-20-5-2-1-3-6-20/h1-3,5-6,8-11,13-14,18,34H,12,15-17H2,(H,31,37). The van der Waals surface area contributed by atoms with Gasteiger partial charge in [0.15, 0.2) is 0 Å².